The first-order valence-corrected chi connectivity index (χ1v) is 20.8. The Balaban J connectivity index is 1.16. The van der Waals surface area contributed by atoms with Crippen LogP contribution < -0.4 is 10.6 Å². The van der Waals surface area contributed by atoms with Gasteiger partial charge < -0.3 is 25.4 Å². The van der Waals surface area contributed by atoms with Gasteiger partial charge in [0.2, 0.25) is 5.91 Å². The van der Waals surface area contributed by atoms with Gasteiger partial charge in [-0.05, 0) is 96.5 Å². The Hall–Kier alpha value is -6.37. The fourth-order valence-electron chi connectivity index (χ4n) is 6.81. The van der Waals surface area contributed by atoms with Gasteiger partial charge in [-0.2, -0.15) is 0 Å². The molecule has 61 heavy (non-hydrogen) atoms. The minimum absolute atomic E-state index is 0.00529. The Bertz CT molecular complexity index is 2270. The zero-order valence-corrected chi connectivity index (χ0v) is 35.5. The number of nitrogens with one attached hydrogen (secondary N) is 2. The van der Waals surface area contributed by atoms with Gasteiger partial charge in [-0.1, -0.05) is 92.2 Å². The summed E-state index contributed by atoms with van der Waals surface area (Å²) in [5.41, 5.74) is 5.15. The molecule has 1 aromatic heterocycles. The van der Waals surface area contributed by atoms with Gasteiger partial charge in [0.05, 0.1) is 17.7 Å². The number of aromatic nitrogens is 1. The summed E-state index contributed by atoms with van der Waals surface area (Å²) in [7, 11) is 1.74. The summed E-state index contributed by atoms with van der Waals surface area (Å²) in [5, 5.41) is 14.9. The van der Waals surface area contributed by atoms with E-state index in [0.717, 1.165) is 47.9 Å². The minimum atomic E-state index is -0.962. The van der Waals surface area contributed by atoms with Gasteiger partial charge in [0, 0.05) is 50.4 Å². The number of benzene rings is 4. The summed E-state index contributed by atoms with van der Waals surface area (Å²) in [5.74, 6) is -2.50. The molecule has 5 aromatic rings. The molecule has 0 aliphatic heterocycles. The van der Waals surface area contributed by atoms with Crippen LogP contribution >= 0.6 is 11.6 Å². The number of ether oxygens (including phenoxy) is 1. The smallest absolute Gasteiger partial charge is 0.335 e. The van der Waals surface area contributed by atoms with E-state index in [4.69, 9.17) is 21.4 Å². The third-order valence-corrected chi connectivity index (χ3v) is 10.6. The van der Waals surface area contributed by atoms with Gasteiger partial charge in [-0.25, -0.2) is 9.78 Å². The molecule has 3 amide bonds. The van der Waals surface area contributed by atoms with Crippen molar-refractivity contribution < 1.29 is 33.8 Å². The van der Waals surface area contributed by atoms with Crippen LogP contribution in [0.2, 0.25) is 5.15 Å². The third-order valence-electron chi connectivity index (χ3n) is 10.4. The quantitative estimate of drug-likeness (QED) is 0.0485. The number of halogens is 1. The largest absolute Gasteiger partial charge is 0.478 e. The first-order valence-electron chi connectivity index (χ1n) is 20.4. The average molecular weight is 846 g/mol. The first-order chi connectivity index (χ1) is 29.4. The van der Waals surface area contributed by atoms with E-state index in [1.807, 2.05) is 60.7 Å². The van der Waals surface area contributed by atoms with Crippen molar-refractivity contribution in [3.8, 4) is 0 Å². The van der Waals surface area contributed by atoms with E-state index in [0.29, 0.717) is 30.9 Å². The predicted octanol–water partition coefficient (Wildman–Crippen LogP) is 8.70. The topological polar surface area (TPSA) is 158 Å². The molecule has 0 unspecified atom stereocenters. The second-order valence-electron chi connectivity index (χ2n) is 14.7. The molecule has 0 aliphatic carbocycles. The molecule has 5 rings (SSSR count). The number of hydrogen-bond acceptors (Lipinski definition) is 8. The number of rotatable bonds is 21. The molecule has 318 valence electrons. The van der Waals surface area contributed by atoms with Crippen molar-refractivity contribution in [3.63, 3.8) is 0 Å². The van der Waals surface area contributed by atoms with Crippen molar-refractivity contribution in [1.82, 2.24) is 14.8 Å². The van der Waals surface area contributed by atoms with Gasteiger partial charge in [0.15, 0.2) is 5.69 Å². The van der Waals surface area contributed by atoms with Crippen LogP contribution in [-0.4, -0.2) is 75.7 Å². The van der Waals surface area contributed by atoms with Crippen molar-refractivity contribution in [2.75, 3.05) is 30.8 Å². The molecule has 12 nitrogen and oxygen atoms in total. The summed E-state index contributed by atoms with van der Waals surface area (Å²) >= 11 is 6.21. The molecule has 0 radical (unpaired) electrons. The number of aromatic carboxylic acids is 1. The average Bonchev–Trinajstić information content (AvgIpc) is 3.27. The van der Waals surface area contributed by atoms with Gasteiger partial charge in [-0.3, -0.25) is 24.1 Å². The first kappa shape index (κ1) is 45.7. The lowest BCUT2D eigenvalue weighted by Crippen LogP contribution is -2.41. The van der Waals surface area contributed by atoms with Crippen LogP contribution in [0.1, 0.15) is 93.0 Å². The lowest BCUT2D eigenvalue weighted by Gasteiger charge is -2.32. The van der Waals surface area contributed by atoms with E-state index in [1.165, 1.54) is 6.07 Å². The lowest BCUT2D eigenvalue weighted by molar-refractivity contribution is -0.147. The molecule has 3 N–H and O–H groups in total. The number of likely N-dealkylation sites (N-methyl/N-ethyl adjacent to an activating group) is 1. The molecule has 4 aromatic carbocycles. The number of carbonyl (C=O) groups excluding carboxylic acids is 4. The van der Waals surface area contributed by atoms with Gasteiger partial charge in [0.1, 0.15) is 11.8 Å². The molecule has 13 heteroatoms. The van der Waals surface area contributed by atoms with Crippen LogP contribution in [-0.2, 0) is 40.3 Å². The van der Waals surface area contributed by atoms with Crippen LogP contribution in [0, 0.1) is 0 Å². The van der Waals surface area contributed by atoms with E-state index in [2.05, 4.69) is 34.4 Å². The number of carboxylic acid groups (broad SMARTS) is 1. The van der Waals surface area contributed by atoms with Crippen molar-refractivity contribution in [3.05, 3.63) is 159 Å². The highest BCUT2D eigenvalue weighted by Gasteiger charge is 2.21. The summed E-state index contributed by atoms with van der Waals surface area (Å²) < 4.78 is 5.33. The summed E-state index contributed by atoms with van der Waals surface area (Å²) in [6.07, 6.45) is 3.30. The Morgan fingerprint density at radius 3 is 2.02 bits per heavy atom. The van der Waals surface area contributed by atoms with Gasteiger partial charge in [0.25, 0.3) is 11.8 Å². The monoisotopic (exact) mass is 845 g/mol. The second-order valence-corrected chi connectivity index (χ2v) is 15.1. The molecular weight excluding hydrogens is 794 g/mol. The molecule has 1 heterocycles. The maximum absolute atomic E-state index is 13.7. The Labute approximate surface area is 361 Å². The maximum Gasteiger partial charge on any atom is 0.335 e. The number of carbonyl (C=O) groups is 5. The van der Waals surface area contributed by atoms with Crippen LogP contribution in [0.15, 0.2) is 115 Å². The van der Waals surface area contributed by atoms with Gasteiger partial charge in [-0.15, -0.1) is 0 Å². The van der Waals surface area contributed by atoms with Crippen molar-refractivity contribution in [2.45, 2.75) is 71.6 Å². The highest BCUT2D eigenvalue weighted by Crippen LogP contribution is 2.22. The Kier molecular flexibility index (Phi) is 17.1. The highest BCUT2D eigenvalue weighted by atomic mass is 35.5. The standard InChI is InChI=1S/C48H52ClN5O7/c1-4-40(5-2)54(29-28-53(3)43(55)26-27-44(56)61-32-35-10-7-6-8-11-35)31-36-12-9-13-38(30-36)46(57)51-41-24-25-42(49)52-45(41)47(58)50-39-22-18-34(19-23-39)15-14-33-16-20-37(21-17-33)48(59)60/h6-13,16-25,30,40H,4-5,14-15,26-29,31-32H2,1-3H3,(H,50,58)(H,51,57)(H,59,60). The molecule has 0 bridgehead atoms. The number of pyridine rings is 1. The van der Waals surface area contributed by atoms with Crippen LogP contribution in [0.4, 0.5) is 11.4 Å². The summed E-state index contributed by atoms with van der Waals surface area (Å²) in [6, 6.07) is 34.1. The SMILES string of the molecule is CCC(CC)N(CCN(C)C(=O)CCC(=O)OCc1ccccc1)Cc1cccc(C(=O)Nc2ccc(Cl)nc2C(=O)Nc2ccc(CCc3ccc(C(=O)O)cc3)cc2)c1. The Morgan fingerprint density at radius 2 is 1.36 bits per heavy atom. The van der Waals surface area contributed by atoms with E-state index in [9.17, 15) is 24.0 Å². The van der Waals surface area contributed by atoms with Gasteiger partial charge >= 0.3 is 11.9 Å². The van der Waals surface area contributed by atoms with Crippen molar-refractivity contribution >= 4 is 52.6 Å². The molecular formula is C48H52ClN5O7. The molecule has 0 saturated heterocycles. The van der Waals surface area contributed by atoms with Crippen molar-refractivity contribution in [2.24, 2.45) is 0 Å². The predicted molar refractivity (Wildman–Crippen MR) is 237 cm³/mol. The van der Waals surface area contributed by atoms with E-state index in [1.54, 1.807) is 60.5 Å². The zero-order valence-electron chi connectivity index (χ0n) is 34.7. The van der Waals surface area contributed by atoms with E-state index < -0.39 is 23.8 Å². The van der Waals surface area contributed by atoms with E-state index in [-0.39, 0.29) is 53.5 Å². The lowest BCUT2D eigenvalue weighted by atomic mass is 10.0. The highest BCUT2D eigenvalue weighted by molar-refractivity contribution is 6.29. The van der Waals surface area contributed by atoms with Crippen LogP contribution in [0.25, 0.3) is 0 Å². The fraction of sp³-hybridized carbons (Fsp3) is 0.292. The Morgan fingerprint density at radius 1 is 0.705 bits per heavy atom. The normalized spacial score (nSPS) is 11.0. The summed E-state index contributed by atoms with van der Waals surface area (Å²) in [6.45, 7) is 6.00. The molecule has 0 aliphatic rings. The number of amides is 3. The zero-order chi connectivity index (χ0) is 43.7. The van der Waals surface area contributed by atoms with Crippen LogP contribution in [0.5, 0.6) is 0 Å². The van der Waals surface area contributed by atoms with Crippen LogP contribution in [0.3, 0.4) is 0 Å². The molecule has 0 fully saturated rings. The summed E-state index contributed by atoms with van der Waals surface area (Å²) in [4.78, 5) is 71.7. The van der Waals surface area contributed by atoms with E-state index >= 15 is 0 Å². The number of esters is 1. The fourth-order valence-corrected chi connectivity index (χ4v) is 6.95. The molecule has 0 atom stereocenters. The number of carboxylic acids is 1. The molecule has 0 spiro atoms. The number of aryl methyl sites for hydroxylation is 2. The maximum atomic E-state index is 13.7. The number of nitrogens with zero attached hydrogens (tertiary/aromatic N) is 3. The second kappa shape index (κ2) is 22.8. The number of anilines is 2. The third kappa shape index (κ3) is 14.1. The minimum Gasteiger partial charge on any atom is -0.478 e. The van der Waals surface area contributed by atoms with Crippen molar-refractivity contribution in [1.29, 1.82) is 0 Å². The number of hydrogen-bond donors (Lipinski definition) is 3. The molecule has 0 saturated carbocycles.